The minimum absolute atomic E-state index is 0.0343. The number of alkyl carbamates (subject to hydrolysis) is 1. The van der Waals surface area contributed by atoms with Gasteiger partial charge in [-0.3, -0.25) is 4.79 Å². The third-order valence-corrected chi connectivity index (χ3v) is 2.68. The van der Waals surface area contributed by atoms with E-state index in [1.165, 1.54) is 18.0 Å². The van der Waals surface area contributed by atoms with E-state index in [1.807, 2.05) is 20.8 Å². The second-order valence-electron chi connectivity index (χ2n) is 4.98. The second kappa shape index (κ2) is 6.60. The molecule has 0 aliphatic carbocycles. The minimum Gasteiger partial charge on any atom is -0.488 e. The van der Waals surface area contributed by atoms with E-state index in [0.717, 1.165) is 0 Å². The maximum absolute atomic E-state index is 12.0. The molecule has 0 aliphatic heterocycles. The monoisotopic (exact) mass is 303 g/mol. The lowest BCUT2D eigenvalue weighted by atomic mass is 10.1. The van der Waals surface area contributed by atoms with Crippen LogP contribution in [0.3, 0.4) is 0 Å². The summed E-state index contributed by atoms with van der Waals surface area (Å²) in [5.74, 6) is 0.184. The molecular weight excluding hydrogens is 286 g/mol. The van der Waals surface area contributed by atoms with Gasteiger partial charge in [-0.15, -0.1) is 0 Å². The molecule has 1 rings (SSSR count). The summed E-state index contributed by atoms with van der Waals surface area (Å²) in [6.45, 7) is 5.91. The summed E-state index contributed by atoms with van der Waals surface area (Å²) in [6.07, 6.45) is 0.827. The van der Waals surface area contributed by atoms with Gasteiger partial charge in [0.15, 0.2) is 10.8 Å². The number of aromatic nitrogens is 2. The van der Waals surface area contributed by atoms with Crippen molar-refractivity contribution in [1.29, 1.82) is 0 Å². The van der Waals surface area contributed by atoms with Gasteiger partial charge in [-0.2, -0.15) is 5.10 Å². The standard InChI is InChI=1S/C12H18ClN3O4/c1-12(2,3)16-10(17)9(13)8(7-15-16)20-6-5-14-11(18)19-4/h7H,5-6H2,1-4H3,(H,14,18). The van der Waals surface area contributed by atoms with Gasteiger partial charge in [0.05, 0.1) is 25.4 Å². The Morgan fingerprint density at radius 3 is 2.70 bits per heavy atom. The molecule has 7 nitrogen and oxygen atoms in total. The summed E-state index contributed by atoms with van der Waals surface area (Å²) in [5, 5.41) is 6.43. The van der Waals surface area contributed by atoms with E-state index in [0.29, 0.717) is 0 Å². The number of hydrogen-bond acceptors (Lipinski definition) is 5. The Bertz CT molecular complexity index is 536. The van der Waals surface area contributed by atoms with Crippen molar-refractivity contribution in [2.75, 3.05) is 20.3 Å². The topological polar surface area (TPSA) is 82.4 Å². The maximum Gasteiger partial charge on any atom is 0.406 e. The molecule has 0 radical (unpaired) electrons. The summed E-state index contributed by atoms with van der Waals surface area (Å²) in [7, 11) is 1.27. The molecule has 8 heteroatoms. The van der Waals surface area contributed by atoms with Crippen molar-refractivity contribution >= 4 is 17.7 Å². The molecule has 1 heterocycles. The van der Waals surface area contributed by atoms with Crippen molar-refractivity contribution in [3.8, 4) is 5.75 Å². The SMILES string of the molecule is COC(=O)NCCOc1cnn(C(C)(C)C)c(=O)c1Cl. The van der Waals surface area contributed by atoms with Gasteiger partial charge >= 0.3 is 6.09 Å². The van der Waals surface area contributed by atoms with Gasteiger partial charge in [-0.1, -0.05) is 11.6 Å². The number of carbonyl (C=O) groups is 1. The number of methoxy groups -OCH3 is 1. The first-order chi connectivity index (χ1) is 9.27. The fourth-order valence-corrected chi connectivity index (χ4v) is 1.57. The Hall–Kier alpha value is -1.76. The Morgan fingerprint density at radius 1 is 1.50 bits per heavy atom. The molecule has 0 atom stereocenters. The van der Waals surface area contributed by atoms with Gasteiger partial charge in [0.2, 0.25) is 0 Å². The highest BCUT2D eigenvalue weighted by Crippen LogP contribution is 2.20. The largest absolute Gasteiger partial charge is 0.488 e. The molecule has 0 saturated carbocycles. The van der Waals surface area contributed by atoms with Gasteiger partial charge in [-0.25, -0.2) is 9.48 Å². The molecule has 1 aromatic rings. The average molecular weight is 304 g/mol. The summed E-state index contributed by atoms with van der Waals surface area (Å²) >= 11 is 5.96. The highest BCUT2D eigenvalue weighted by atomic mass is 35.5. The van der Waals surface area contributed by atoms with Gasteiger partial charge in [0.25, 0.3) is 5.56 Å². The predicted molar refractivity (Wildman–Crippen MR) is 74.4 cm³/mol. The van der Waals surface area contributed by atoms with E-state index in [4.69, 9.17) is 16.3 Å². The molecule has 0 aliphatic rings. The Labute approximate surface area is 121 Å². The van der Waals surface area contributed by atoms with E-state index in [-0.39, 0.29) is 23.9 Å². The zero-order valence-corrected chi connectivity index (χ0v) is 12.7. The molecule has 0 bridgehead atoms. The number of nitrogens with one attached hydrogen (secondary N) is 1. The lowest BCUT2D eigenvalue weighted by Gasteiger charge is -2.21. The molecule has 1 amide bonds. The number of halogens is 1. The first kappa shape index (κ1) is 16.3. The van der Waals surface area contributed by atoms with Crippen molar-refractivity contribution < 1.29 is 14.3 Å². The highest BCUT2D eigenvalue weighted by Gasteiger charge is 2.19. The third kappa shape index (κ3) is 4.12. The molecule has 0 aromatic carbocycles. The van der Waals surface area contributed by atoms with E-state index in [1.54, 1.807) is 0 Å². The average Bonchev–Trinajstić information content (AvgIpc) is 2.37. The third-order valence-electron chi connectivity index (χ3n) is 2.34. The normalized spacial score (nSPS) is 11.1. The molecule has 112 valence electrons. The van der Waals surface area contributed by atoms with Crippen LogP contribution in [0.2, 0.25) is 5.02 Å². The zero-order chi connectivity index (χ0) is 15.3. The number of ether oxygens (including phenoxy) is 2. The second-order valence-corrected chi connectivity index (χ2v) is 5.36. The van der Waals surface area contributed by atoms with Crippen molar-refractivity contribution in [2.24, 2.45) is 0 Å². The quantitative estimate of drug-likeness (QED) is 0.850. The first-order valence-electron chi connectivity index (χ1n) is 6.00. The lowest BCUT2D eigenvalue weighted by molar-refractivity contribution is 0.168. The molecular formula is C12H18ClN3O4. The van der Waals surface area contributed by atoms with E-state index in [9.17, 15) is 9.59 Å². The van der Waals surface area contributed by atoms with Crippen LogP contribution in [-0.2, 0) is 10.3 Å². The molecule has 20 heavy (non-hydrogen) atoms. The van der Waals surface area contributed by atoms with Crippen LogP contribution < -0.4 is 15.6 Å². The molecule has 1 N–H and O–H groups in total. The van der Waals surface area contributed by atoms with Gasteiger partial charge < -0.3 is 14.8 Å². The van der Waals surface area contributed by atoms with Crippen LogP contribution in [0.25, 0.3) is 0 Å². The fourth-order valence-electron chi connectivity index (χ4n) is 1.38. The van der Waals surface area contributed by atoms with Gasteiger partial charge in [0, 0.05) is 0 Å². The summed E-state index contributed by atoms with van der Waals surface area (Å²) < 4.78 is 11.0. The molecule has 0 unspecified atom stereocenters. The predicted octanol–water partition coefficient (Wildman–Crippen LogP) is 1.39. The summed E-state index contributed by atoms with van der Waals surface area (Å²) in [4.78, 5) is 22.8. The smallest absolute Gasteiger partial charge is 0.406 e. The molecule has 1 aromatic heterocycles. The van der Waals surface area contributed by atoms with Crippen LogP contribution in [0.15, 0.2) is 11.0 Å². The Morgan fingerprint density at radius 2 is 2.15 bits per heavy atom. The maximum atomic E-state index is 12.0. The van der Waals surface area contributed by atoms with Crippen LogP contribution >= 0.6 is 11.6 Å². The number of hydrogen-bond donors (Lipinski definition) is 1. The first-order valence-corrected chi connectivity index (χ1v) is 6.38. The minimum atomic E-state index is -0.555. The number of carbonyl (C=O) groups excluding carboxylic acids is 1. The van der Waals surface area contributed by atoms with Gasteiger partial charge in [-0.05, 0) is 20.8 Å². The Kier molecular flexibility index (Phi) is 5.38. The van der Waals surface area contributed by atoms with Crippen LogP contribution in [0, 0.1) is 0 Å². The van der Waals surface area contributed by atoms with E-state index >= 15 is 0 Å². The van der Waals surface area contributed by atoms with Crippen LogP contribution in [0.5, 0.6) is 5.75 Å². The molecule has 0 saturated heterocycles. The number of amides is 1. The Balaban J connectivity index is 2.72. The number of rotatable bonds is 4. The van der Waals surface area contributed by atoms with Crippen LogP contribution in [0.1, 0.15) is 20.8 Å². The zero-order valence-electron chi connectivity index (χ0n) is 11.9. The summed E-state index contributed by atoms with van der Waals surface area (Å²) in [6, 6.07) is 0. The van der Waals surface area contributed by atoms with Crippen molar-refractivity contribution in [3.63, 3.8) is 0 Å². The van der Waals surface area contributed by atoms with Crippen molar-refractivity contribution in [3.05, 3.63) is 21.6 Å². The summed E-state index contributed by atoms with van der Waals surface area (Å²) in [5.41, 5.74) is -0.885. The number of nitrogens with zero attached hydrogens (tertiary/aromatic N) is 2. The van der Waals surface area contributed by atoms with Crippen molar-refractivity contribution in [1.82, 2.24) is 15.1 Å². The van der Waals surface area contributed by atoms with E-state index in [2.05, 4.69) is 15.2 Å². The molecule has 0 spiro atoms. The van der Waals surface area contributed by atoms with E-state index < -0.39 is 17.2 Å². The van der Waals surface area contributed by atoms with Crippen LogP contribution in [0.4, 0.5) is 4.79 Å². The fraction of sp³-hybridized carbons (Fsp3) is 0.583. The highest BCUT2D eigenvalue weighted by molar-refractivity contribution is 6.31. The van der Waals surface area contributed by atoms with Crippen molar-refractivity contribution in [2.45, 2.75) is 26.3 Å². The molecule has 0 fully saturated rings. The van der Waals surface area contributed by atoms with Crippen LogP contribution in [-0.4, -0.2) is 36.1 Å². The van der Waals surface area contributed by atoms with Gasteiger partial charge in [0.1, 0.15) is 6.61 Å². The lowest BCUT2D eigenvalue weighted by Crippen LogP contribution is -2.36.